The van der Waals surface area contributed by atoms with Gasteiger partial charge in [0.2, 0.25) is 0 Å². The van der Waals surface area contributed by atoms with E-state index in [1.807, 2.05) is 30.3 Å². The molecule has 0 aromatic heterocycles. The molecule has 6 heteroatoms. The van der Waals surface area contributed by atoms with Crippen LogP contribution in [0.3, 0.4) is 0 Å². The fourth-order valence-corrected chi connectivity index (χ4v) is 3.01. The molecule has 0 spiro atoms. The summed E-state index contributed by atoms with van der Waals surface area (Å²) in [6.07, 6.45) is -5.15. The average molecular weight is 351 g/mol. The lowest BCUT2D eigenvalue weighted by atomic mass is 9.97. The van der Waals surface area contributed by atoms with Crippen molar-refractivity contribution in [3.8, 4) is 5.75 Å². The fourth-order valence-electron chi connectivity index (χ4n) is 3.01. The third-order valence-electron chi connectivity index (χ3n) is 4.35. The Hall–Kier alpha value is -2.05. The predicted molar refractivity (Wildman–Crippen MR) is 88.3 cm³/mol. The van der Waals surface area contributed by atoms with Gasteiger partial charge in [0.05, 0.1) is 19.8 Å². The van der Waals surface area contributed by atoms with Gasteiger partial charge in [-0.3, -0.25) is 4.90 Å². The van der Waals surface area contributed by atoms with Crippen LogP contribution in [0.2, 0.25) is 0 Å². The Labute approximate surface area is 145 Å². The molecule has 2 aromatic rings. The summed E-state index contributed by atoms with van der Waals surface area (Å²) in [5.41, 5.74) is 1.69. The van der Waals surface area contributed by atoms with Crippen LogP contribution < -0.4 is 4.74 Å². The molecule has 1 aliphatic heterocycles. The summed E-state index contributed by atoms with van der Waals surface area (Å²) < 4.78 is 50.8. The molecular formula is C19H20F3NO2. The summed E-state index contributed by atoms with van der Waals surface area (Å²) in [7, 11) is 1.55. The second-order valence-corrected chi connectivity index (χ2v) is 6.10. The second kappa shape index (κ2) is 7.45. The van der Waals surface area contributed by atoms with Crippen LogP contribution >= 0.6 is 0 Å². The molecule has 1 saturated heterocycles. The molecule has 2 aromatic carbocycles. The summed E-state index contributed by atoms with van der Waals surface area (Å²) in [5, 5.41) is 0. The predicted octanol–water partition coefficient (Wildman–Crippen LogP) is 4.03. The Bertz CT molecular complexity index is 673. The minimum atomic E-state index is -4.31. The van der Waals surface area contributed by atoms with E-state index in [0.29, 0.717) is 5.75 Å². The first-order chi connectivity index (χ1) is 12.0. The zero-order valence-electron chi connectivity index (χ0n) is 13.9. The number of halogens is 3. The molecule has 0 aliphatic carbocycles. The Morgan fingerprint density at radius 3 is 2.28 bits per heavy atom. The molecule has 0 bridgehead atoms. The van der Waals surface area contributed by atoms with E-state index in [0.717, 1.165) is 11.1 Å². The van der Waals surface area contributed by atoms with Gasteiger partial charge in [-0.2, -0.15) is 13.2 Å². The zero-order chi connectivity index (χ0) is 17.9. The number of methoxy groups -OCH3 is 1. The average Bonchev–Trinajstić information content (AvgIpc) is 2.57. The highest BCUT2D eigenvalue weighted by Crippen LogP contribution is 2.37. The molecule has 134 valence electrons. The van der Waals surface area contributed by atoms with Crippen molar-refractivity contribution in [3.05, 3.63) is 65.7 Å². The molecule has 1 aliphatic rings. The second-order valence-electron chi connectivity index (χ2n) is 6.10. The number of ether oxygens (including phenoxy) is 2. The first kappa shape index (κ1) is 17.8. The van der Waals surface area contributed by atoms with E-state index in [9.17, 15) is 13.2 Å². The number of hydrogen-bond acceptors (Lipinski definition) is 3. The van der Waals surface area contributed by atoms with Crippen LogP contribution in [-0.4, -0.2) is 36.9 Å². The molecule has 2 atom stereocenters. The smallest absolute Gasteiger partial charge is 0.406 e. The molecule has 0 saturated carbocycles. The van der Waals surface area contributed by atoms with E-state index in [1.165, 1.54) is 4.90 Å². The Kier molecular flexibility index (Phi) is 5.30. The minimum Gasteiger partial charge on any atom is -0.497 e. The van der Waals surface area contributed by atoms with Crippen LogP contribution in [0.15, 0.2) is 54.6 Å². The summed E-state index contributed by atoms with van der Waals surface area (Å²) >= 11 is 0. The van der Waals surface area contributed by atoms with Gasteiger partial charge in [0, 0.05) is 13.1 Å². The van der Waals surface area contributed by atoms with Gasteiger partial charge in [0.15, 0.2) is 0 Å². The quantitative estimate of drug-likeness (QED) is 0.784. The number of alkyl halides is 3. The lowest BCUT2D eigenvalue weighted by molar-refractivity contribution is -0.261. The molecule has 1 heterocycles. The molecule has 3 rings (SSSR count). The molecule has 1 fully saturated rings. The molecule has 25 heavy (non-hydrogen) atoms. The van der Waals surface area contributed by atoms with Gasteiger partial charge in [-0.15, -0.1) is 0 Å². The van der Waals surface area contributed by atoms with Crippen molar-refractivity contribution in [2.45, 2.75) is 31.5 Å². The van der Waals surface area contributed by atoms with Crippen molar-refractivity contribution < 1.29 is 22.6 Å². The minimum absolute atomic E-state index is 0.189. The molecule has 0 radical (unpaired) electrons. The number of hydrogen-bond donors (Lipinski definition) is 0. The van der Waals surface area contributed by atoms with Crippen molar-refractivity contribution >= 4 is 0 Å². The highest BCUT2D eigenvalue weighted by molar-refractivity contribution is 5.27. The van der Waals surface area contributed by atoms with E-state index in [2.05, 4.69) is 0 Å². The van der Waals surface area contributed by atoms with E-state index in [4.69, 9.17) is 9.47 Å². The molecule has 3 nitrogen and oxygen atoms in total. The standard InChI is InChI=1S/C19H20F3NO2/c1-24-16-9-7-14(8-10-16)11-23-12-17(18(23)19(20,21)22)25-13-15-5-3-2-4-6-15/h2-10,17-18H,11-13H2,1H3/t17-,18-/m1/s1. The van der Waals surface area contributed by atoms with Crippen molar-refractivity contribution in [2.24, 2.45) is 0 Å². The van der Waals surface area contributed by atoms with Gasteiger partial charge < -0.3 is 9.47 Å². The van der Waals surface area contributed by atoms with Crippen molar-refractivity contribution in [1.29, 1.82) is 0 Å². The van der Waals surface area contributed by atoms with Crippen LogP contribution in [0.5, 0.6) is 5.75 Å². The Morgan fingerprint density at radius 1 is 1.00 bits per heavy atom. The highest BCUT2D eigenvalue weighted by atomic mass is 19.4. The lowest BCUT2D eigenvalue weighted by Gasteiger charge is -2.48. The Morgan fingerprint density at radius 2 is 1.68 bits per heavy atom. The third kappa shape index (κ3) is 4.32. The van der Waals surface area contributed by atoms with Gasteiger partial charge in [0.25, 0.3) is 0 Å². The number of nitrogens with zero attached hydrogens (tertiary/aromatic N) is 1. The van der Waals surface area contributed by atoms with Gasteiger partial charge in [-0.1, -0.05) is 42.5 Å². The SMILES string of the molecule is COc1ccc(CN2C[C@@H](OCc3ccccc3)[C@@H]2C(F)(F)F)cc1. The van der Waals surface area contributed by atoms with Crippen LogP contribution in [0.25, 0.3) is 0 Å². The van der Waals surface area contributed by atoms with Crippen LogP contribution in [0.4, 0.5) is 13.2 Å². The molecule has 0 amide bonds. The highest BCUT2D eigenvalue weighted by Gasteiger charge is 2.55. The van der Waals surface area contributed by atoms with E-state index < -0.39 is 18.3 Å². The van der Waals surface area contributed by atoms with E-state index >= 15 is 0 Å². The lowest BCUT2D eigenvalue weighted by Crippen LogP contribution is -2.66. The Balaban J connectivity index is 1.61. The van der Waals surface area contributed by atoms with Gasteiger partial charge >= 0.3 is 6.18 Å². The summed E-state index contributed by atoms with van der Waals surface area (Å²) in [6, 6.07) is 14.7. The summed E-state index contributed by atoms with van der Waals surface area (Å²) in [6.45, 7) is 0.691. The largest absolute Gasteiger partial charge is 0.497 e. The van der Waals surface area contributed by atoms with Crippen LogP contribution in [0.1, 0.15) is 11.1 Å². The van der Waals surface area contributed by atoms with Crippen molar-refractivity contribution in [3.63, 3.8) is 0 Å². The molecule has 0 N–H and O–H groups in total. The number of benzene rings is 2. The third-order valence-corrected chi connectivity index (χ3v) is 4.35. The maximum atomic E-state index is 13.4. The van der Waals surface area contributed by atoms with Crippen molar-refractivity contribution in [2.75, 3.05) is 13.7 Å². The van der Waals surface area contributed by atoms with Crippen molar-refractivity contribution in [1.82, 2.24) is 4.90 Å². The van der Waals surface area contributed by atoms with E-state index in [1.54, 1.807) is 31.4 Å². The topological polar surface area (TPSA) is 21.7 Å². The van der Waals surface area contributed by atoms with Crippen LogP contribution in [0, 0.1) is 0 Å². The summed E-state index contributed by atoms with van der Waals surface area (Å²) in [5.74, 6) is 0.684. The van der Waals surface area contributed by atoms with E-state index in [-0.39, 0.29) is 19.7 Å². The maximum Gasteiger partial charge on any atom is 0.406 e. The first-order valence-electron chi connectivity index (χ1n) is 8.06. The zero-order valence-corrected chi connectivity index (χ0v) is 13.9. The molecule has 0 unspecified atom stereocenters. The monoisotopic (exact) mass is 351 g/mol. The number of rotatable bonds is 6. The first-order valence-corrected chi connectivity index (χ1v) is 8.06. The molecular weight excluding hydrogens is 331 g/mol. The van der Waals surface area contributed by atoms with Gasteiger partial charge in [0.1, 0.15) is 11.8 Å². The van der Waals surface area contributed by atoms with Gasteiger partial charge in [-0.05, 0) is 23.3 Å². The van der Waals surface area contributed by atoms with Crippen LogP contribution in [-0.2, 0) is 17.9 Å². The summed E-state index contributed by atoms with van der Waals surface area (Å²) in [4.78, 5) is 1.40. The fraction of sp³-hybridized carbons (Fsp3) is 0.368. The number of likely N-dealkylation sites (tertiary alicyclic amines) is 1. The van der Waals surface area contributed by atoms with Gasteiger partial charge in [-0.25, -0.2) is 0 Å². The normalized spacial score (nSPS) is 21.0. The maximum absolute atomic E-state index is 13.4.